The van der Waals surface area contributed by atoms with Crippen LogP contribution in [0.1, 0.15) is 27.2 Å². The highest BCUT2D eigenvalue weighted by atomic mass is 19.1. The van der Waals surface area contributed by atoms with Gasteiger partial charge in [0.05, 0.1) is 12.8 Å². The molecule has 0 aliphatic rings. The van der Waals surface area contributed by atoms with Crippen LogP contribution in [0.3, 0.4) is 0 Å². The van der Waals surface area contributed by atoms with Gasteiger partial charge in [-0.25, -0.2) is 9.37 Å². The summed E-state index contributed by atoms with van der Waals surface area (Å²) in [7, 11) is 0. The van der Waals surface area contributed by atoms with E-state index in [1.807, 2.05) is 19.1 Å². The topological polar surface area (TPSA) is 74.7 Å². The van der Waals surface area contributed by atoms with Crippen LogP contribution in [0.25, 0.3) is 22.2 Å². The van der Waals surface area contributed by atoms with Crippen molar-refractivity contribution in [2.24, 2.45) is 11.3 Å². The van der Waals surface area contributed by atoms with Crippen molar-refractivity contribution >= 4 is 17.2 Å². The number of nitrogens with zero attached hydrogens (tertiary/aromatic N) is 2. The third kappa shape index (κ3) is 3.74. The van der Waals surface area contributed by atoms with Crippen molar-refractivity contribution in [1.82, 2.24) is 15.2 Å². The Kier molecular flexibility index (Phi) is 5.02. The normalized spacial score (nSPS) is 13.7. The molecule has 0 aliphatic heterocycles. The molecule has 0 saturated carbocycles. The minimum Gasteiger partial charge on any atom is -0.490 e. The Morgan fingerprint density at radius 1 is 1.35 bits per heavy atom. The largest absolute Gasteiger partial charge is 0.490 e. The lowest BCUT2D eigenvalue weighted by molar-refractivity contribution is 0.193. The summed E-state index contributed by atoms with van der Waals surface area (Å²) in [6, 6.07) is 6.75. The minimum absolute atomic E-state index is 0.197. The van der Waals surface area contributed by atoms with Gasteiger partial charge in [-0.15, -0.1) is 0 Å². The van der Waals surface area contributed by atoms with Crippen molar-refractivity contribution in [3.8, 4) is 16.9 Å². The fourth-order valence-electron chi connectivity index (χ4n) is 3.22. The molecule has 0 saturated heterocycles. The number of halogens is 1. The number of aromatic amines is 1. The van der Waals surface area contributed by atoms with Crippen molar-refractivity contribution in [3.05, 3.63) is 42.5 Å². The molecule has 1 aromatic carbocycles. The molecular weight excluding hydrogens is 331 g/mol. The van der Waals surface area contributed by atoms with E-state index in [2.05, 4.69) is 29.0 Å². The lowest BCUT2D eigenvalue weighted by Crippen LogP contribution is -2.28. The lowest BCUT2D eigenvalue weighted by atomic mass is 9.84. The van der Waals surface area contributed by atoms with Crippen LogP contribution >= 0.6 is 0 Å². The Balaban J connectivity index is 1.82. The first-order chi connectivity index (χ1) is 12.4. The molecular formula is C20H23FN4O. The quantitative estimate of drug-likeness (QED) is 0.596. The van der Waals surface area contributed by atoms with E-state index >= 15 is 0 Å². The summed E-state index contributed by atoms with van der Waals surface area (Å²) in [4.78, 5) is 4.20. The molecule has 136 valence electrons. The minimum atomic E-state index is -0.423. The number of pyridine rings is 1. The molecule has 2 aromatic heterocycles. The van der Waals surface area contributed by atoms with Gasteiger partial charge >= 0.3 is 0 Å². The van der Waals surface area contributed by atoms with Crippen molar-refractivity contribution in [1.29, 1.82) is 5.41 Å². The number of fused-ring (bicyclic) bond motifs is 1. The molecule has 0 radical (unpaired) electrons. The predicted molar refractivity (Wildman–Crippen MR) is 101 cm³/mol. The third-order valence-corrected chi connectivity index (χ3v) is 4.38. The first-order valence-electron chi connectivity index (χ1n) is 8.64. The number of hydrogen-bond donors (Lipinski definition) is 2. The highest BCUT2D eigenvalue weighted by Crippen LogP contribution is 2.31. The molecule has 26 heavy (non-hydrogen) atoms. The van der Waals surface area contributed by atoms with Crippen LogP contribution in [0.5, 0.6) is 5.75 Å². The molecule has 0 spiro atoms. The maximum absolute atomic E-state index is 14.6. The van der Waals surface area contributed by atoms with E-state index in [0.717, 1.165) is 22.9 Å². The molecule has 0 fully saturated rings. The van der Waals surface area contributed by atoms with E-state index in [9.17, 15) is 4.39 Å². The fraction of sp³-hybridized carbons (Fsp3) is 0.350. The Labute approximate surface area is 152 Å². The summed E-state index contributed by atoms with van der Waals surface area (Å²) in [5.41, 5.74) is 1.85. The van der Waals surface area contributed by atoms with Crippen molar-refractivity contribution < 1.29 is 9.13 Å². The van der Waals surface area contributed by atoms with Gasteiger partial charge in [-0.3, -0.25) is 5.10 Å². The zero-order chi connectivity index (χ0) is 18.7. The maximum atomic E-state index is 14.6. The number of rotatable bonds is 7. The van der Waals surface area contributed by atoms with Gasteiger partial charge in [0.1, 0.15) is 0 Å². The molecule has 5 nitrogen and oxygen atoms in total. The van der Waals surface area contributed by atoms with Gasteiger partial charge in [0, 0.05) is 23.2 Å². The second kappa shape index (κ2) is 7.23. The smallest absolute Gasteiger partial charge is 0.165 e. The van der Waals surface area contributed by atoms with Crippen LogP contribution in [0.15, 0.2) is 36.7 Å². The van der Waals surface area contributed by atoms with Crippen molar-refractivity contribution in [3.63, 3.8) is 0 Å². The zero-order valence-corrected chi connectivity index (χ0v) is 15.2. The summed E-state index contributed by atoms with van der Waals surface area (Å²) in [6.45, 7) is 6.43. The van der Waals surface area contributed by atoms with Crippen LogP contribution in [0.2, 0.25) is 0 Å². The molecule has 0 aliphatic carbocycles. The maximum Gasteiger partial charge on any atom is 0.165 e. The summed E-state index contributed by atoms with van der Waals surface area (Å²) in [6.07, 6.45) is 5.55. The fourth-order valence-corrected chi connectivity index (χ4v) is 3.22. The zero-order valence-electron chi connectivity index (χ0n) is 15.2. The summed E-state index contributed by atoms with van der Waals surface area (Å²) in [5.74, 6) is 0.206. The first kappa shape index (κ1) is 18.0. The first-order valence-corrected chi connectivity index (χ1v) is 8.64. The third-order valence-electron chi connectivity index (χ3n) is 4.38. The van der Waals surface area contributed by atoms with Gasteiger partial charge in [0.15, 0.2) is 17.2 Å². The Morgan fingerprint density at radius 2 is 2.15 bits per heavy atom. The van der Waals surface area contributed by atoms with Gasteiger partial charge in [0.25, 0.3) is 0 Å². The number of hydrogen-bond acceptors (Lipinski definition) is 4. The molecule has 1 atom stereocenters. The Hall–Kier alpha value is -2.76. The highest BCUT2D eigenvalue weighted by molar-refractivity contribution is 5.92. The van der Waals surface area contributed by atoms with Crippen LogP contribution in [-0.2, 0) is 0 Å². The van der Waals surface area contributed by atoms with Crippen molar-refractivity contribution in [2.75, 3.05) is 6.61 Å². The number of benzene rings is 1. The lowest BCUT2D eigenvalue weighted by Gasteiger charge is -2.26. The van der Waals surface area contributed by atoms with Gasteiger partial charge in [-0.05, 0) is 41.7 Å². The molecule has 2 N–H and O–H groups in total. The van der Waals surface area contributed by atoms with Crippen LogP contribution in [-0.4, -0.2) is 28.0 Å². The van der Waals surface area contributed by atoms with E-state index in [4.69, 9.17) is 10.1 Å². The van der Waals surface area contributed by atoms with E-state index in [-0.39, 0.29) is 12.4 Å². The monoisotopic (exact) mass is 354 g/mol. The van der Waals surface area contributed by atoms with Crippen LogP contribution < -0.4 is 4.74 Å². The average molecular weight is 354 g/mol. The molecule has 0 amide bonds. The summed E-state index contributed by atoms with van der Waals surface area (Å²) >= 11 is 0. The van der Waals surface area contributed by atoms with Gasteiger partial charge in [-0.1, -0.05) is 26.8 Å². The molecule has 0 bridgehead atoms. The molecule has 3 aromatic rings. The van der Waals surface area contributed by atoms with E-state index in [1.165, 1.54) is 12.3 Å². The van der Waals surface area contributed by atoms with Crippen molar-refractivity contribution in [2.45, 2.75) is 27.2 Å². The SMILES string of the molecule is CC(C)C[C@](C)(C=N)COc1ccc(-c2ccnc3[nH]ncc23)cc1F. The van der Waals surface area contributed by atoms with Gasteiger partial charge in [-0.2, -0.15) is 5.10 Å². The summed E-state index contributed by atoms with van der Waals surface area (Å²) in [5, 5.41) is 15.3. The van der Waals surface area contributed by atoms with Crippen LogP contribution in [0.4, 0.5) is 4.39 Å². The standard InChI is InChI=1S/C20H23FN4O/c1-13(2)9-20(3,11-22)12-26-18-5-4-14(8-17(18)21)15-6-7-23-19-16(15)10-24-25-19/h4-8,10-11,13,22H,9,12H2,1-3H3,(H,23,24,25)/t20-/m1/s1. The predicted octanol–water partition coefficient (Wildman–Crippen LogP) is 4.84. The number of ether oxygens (including phenoxy) is 1. The average Bonchev–Trinajstić information content (AvgIpc) is 3.08. The second-order valence-electron chi connectivity index (χ2n) is 7.32. The Bertz CT molecular complexity index is 921. The van der Waals surface area contributed by atoms with E-state index < -0.39 is 11.2 Å². The summed E-state index contributed by atoms with van der Waals surface area (Å²) < 4.78 is 20.3. The molecule has 0 unspecified atom stereocenters. The van der Waals surface area contributed by atoms with Gasteiger partial charge < -0.3 is 10.1 Å². The molecule has 6 heteroatoms. The van der Waals surface area contributed by atoms with Gasteiger partial charge in [0.2, 0.25) is 0 Å². The second-order valence-corrected chi connectivity index (χ2v) is 7.32. The van der Waals surface area contributed by atoms with Crippen LogP contribution in [0, 0.1) is 22.6 Å². The van der Waals surface area contributed by atoms with E-state index in [1.54, 1.807) is 18.5 Å². The Morgan fingerprint density at radius 3 is 2.85 bits per heavy atom. The molecule has 3 rings (SSSR count). The highest BCUT2D eigenvalue weighted by Gasteiger charge is 2.24. The number of aromatic nitrogens is 3. The number of H-pyrrole nitrogens is 1. The van der Waals surface area contributed by atoms with E-state index in [0.29, 0.717) is 11.6 Å². The number of nitrogens with one attached hydrogen (secondary N) is 2. The molecule has 2 heterocycles.